The third-order valence-electron chi connectivity index (χ3n) is 6.92. The first kappa shape index (κ1) is 26.9. The first-order valence-corrected chi connectivity index (χ1v) is 12.9. The van der Waals surface area contributed by atoms with Crippen LogP contribution in [-0.2, 0) is 0 Å². The van der Waals surface area contributed by atoms with Gasteiger partial charge in [0, 0.05) is 19.3 Å². The van der Waals surface area contributed by atoms with Crippen LogP contribution in [0.15, 0.2) is 23.1 Å². The predicted molar refractivity (Wildman–Crippen MR) is 143 cm³/mol. The molecular weight excluding hydrogens is 536 g/mol. The summed E-state index contributed by atoms with van der Waals surface area (Å²) in [6.45, 7) is 6.75. The van der Waals surface area contributed by atoms with Crippen molar-refractivity contribution in [2.24, 2.45) is 0 Å². The van der Waals surface area contributed by atoms with E-state index in [1.54, 1.807) is 19.2 Å². The van der Waals surface area contributed by atoms with Crippen molar-refractivity contribution in [3.63, 3.8) is 0 Å². The number of pyridine rings is 2. The second-order valence-electron chi connectivity index (χ2n) is 9.85. The second-order valence-corrected chi connectivity index (χ2v) is 10.2. The number of anilines is 2. The molecule has 204 valence electrons. The molecule has 1 fully saturated rings. The summed E-state index contributed by atoms with van der Waals surface area (Å²) in [5.41, 5.74) is 3.50. The van der Waals surface area contributed by atoms with Gasteiger partial charge in [0.25, 0.3) is 0 Å². The van der Waals surface area contributed by atoms with Gasteiger partial charge in [-0.3, -0.25) is 4.98 Å². The number of aromatic nitrogens is 4. The maximum Gasteiger partial charge on any atom is 0.355 e. The number of fused-ring (bicyclic) bond motifs is 1. The van der Waals surface area contributed by atoms with Crippen LogP contribution in [0.5, 0.6) is 0 Å². The van der Waals surface area contributed by atoms with Crippen LogP contribution in [0.3, 0.4) is 0 Å². The lowest BCUT2D eigenvalue weighted by atomic mass is 10.0. The summed E-state index contributed by atoms with van der Waals surface area (Å²) in [5, 5.41) is -0.840. The minimum Gasteiger partial charge on any atom is -0.394 e. The molecule has 3 aromatic heterocycles. The lowest BCUT2D eigenvalue weighted by Gasteiger charge is -2.29. The van der Waals surface area contributed by atoms with Crippen LogP contribution >= 0.6 is 11.6 Å². The standard InChI is InChI=1S/C27H25ClF4N6O/c1-12(2)22-24(13(3)7-8-34-22)38-26-14(25(36-27(38)39)37-9-5-4-6-10-37)11-15(29)23(35-26)16-17(28)19(31)20(32)21(33)18(16)30/h7-8,11-12H,4-6,9-10,33H2,1-3H3. The van der Waals surface area contributed by atoms with Gasteiger partial charge in [-0.05, 0) is 49.8 Å². The maximum atomic E-state index is 15.7. The van der Waals surface area contributed by atoms with E-state index < -0.39 is 50.9 Å². The van der Waals surface area contributed by atoms with Gasteiger partial charge in [0.2, 0.25) is 0 Å². The zero-order valence-corrected chi connectivity index (χ0v) is 22.2. The molecule has 5 rings (SSSR count). The fourth-order valence-electron chi connectivity index (χ4n) is 4.97. The van der Waals surface area contributed by atoms with Crippen LogP contribution in [0.1, 0.15) is 50.3 Å². The Labute approximate surface area is 226 Å². The number of nitrogens with zero attached hydrogens (tertiary/aromatic N) is 5. The fraction of sp³-hybridized carbons (Fsp3) is 0.333. The van der Waals surface area contributed by atoms with Gasteiger partial charge >= 0.3 is 5.69 Å². The van der Waals surface area contributed by atoms with E-state index in [2.05, 4.69) is 15.0 Å². The average molecular weight is 561 g/mol. The van der Waals surface area contributed by atoms with Gasteiger partial charge in [0.1, 0.15) is 17.2 Å². The number of piperidine rings is 1. The quantitative estimate of drug-likeness (QED) is 0.141. The number of hydrogen-bond donors (Lipinski definition) is 1. The lowest BCUT2D eigenvalue weighted by molar-refractivity contribution is 0.501. The van der Waals surface area contributed by atoms with Gasteiger partial charge in [0.05, 0.1) is 27.4 Å². The topological polar surface area (TPSA) is 89.9 Å². The molecular formula is C27H25ClF4N6O. The highest BCUT2D eigenvalue weighted by molar-refractivity contribution is 6.33. The molecule has 0 aliphatic carbocycles. The zero-order chi connectivity index (χ0) is 28.2. The largest absolute Gasteiger partial charge is 0.394 e. The molecule has 1 aliphatic heterocycles. The monoisotopic (exact) mass is 560 g/mol. The summed E-state index contributed by atoms with van der Waals surface area (Å²) in [5.74, 6) is -5.77. The second kappa shape index (κ2) is 10.1. The van der Waals surface area contributed by atoms with Gasteiger partial charge in [0.15, 0.2) is 28.9 Å². The van der Waals surface area contributed by atoms with Crippen molar-refractivity contribution < 1.29 is 17.6 Å². The molecule has 39 heavy (non-hydrogen) atoms. The Morgan fingerprint density at radius 1 is 1.03 bits per heavy atom. The molecule has 0 amide bonds. The third kappa shape index (κ3) is 4.38. The fourth-order valence-corrected chi connectivity index (χ4v) is 5.23. The third-order valence-corrected chi connectivity index (χ3v) is 7.27. The summed E-state index contributed by atoms with van der Waals surface area (Å²) in [7, 11) is 0. The Morgan fingerprint density at radius 3 is 2.38 bits per heavy atom. The number of nitrogens with two attached hydrogens (primary N) is 1. The number of nitrogen functional groups attached to an aromatic ring is 1. The highest BCUT2D eigenvalue weighted by Crippen LogP contribution is 2.40. The van der Waals surface area contributed by atoms with Crippen molar-refractivity contribution in [2.45, 2.75) is 46.0 Å². The normalized spacial score (nSPS) is 14.0. The molecule has 0 atom stereocenters. The van der Waals surface area contributed by atoms with Crippen LogP contribution in [0.4, 0.5) is 29.1 Å². The van der Waals surface area contributed by atoms with Gasteiger partial charge < -0.3 is 10.6 Å². The number of rotatable bonds is 4. The molecule has 0 unspecified atom stereocenters. The number of aryl methyl sites for hydroxylation is 1. The average Bonchev–Trinajstić information content (AvgIpc) is 2.92. The molecule has 4 heterocycles. The Morgan fingerprint density at radius 2 is 1.72 bits per heavy atom. The molecule has 1 aromatic carbocycles. The number of hydrogen-bond acceptors (Lipinski definition) is 6. The first-order valence-electron chi connectivity index (χ1n) is 12.5. The number of benzene rings is 1. The van der Waals surface area contributed by atoms with Crippen molar-refractivity contribution in [1.82, 2.24) is 19.5 Å². The van der Waals surface area contributed by atoms with Crippen molar-refractivity contribution in [1.29, 1.82) is 0 Å². The SMILES string of the molecule is Cc1ccnc(C(C)C)c1-n1c(=O)nc(N2CCCCC2)c2cc(F)c(-c3c(F)c(N)c(F)c(F)c3Cl)nc21. The summed E-state index contributed by atoms with van der Waals surface area (Å²) in [6.07, 6.45) is 4.32. The van der Waals surface area contributed by atoms with E-state index in [9.17, 15) is 13.6 Å². The van der Waals surface area contributed by atoms with E-state index in [-0.39, 0.29) is 22.8 Å². The Kier molecular flexibility index (Phi) is 6.96. The summed E-state index contributed by atoms with van der Waals surface area (Å²) in [6, 6.07) is 2.76. The molecule has 12 heteroatoms. The highest BCUT2D eigenvalue weighted by Gasteiger charge is 2.29. The first-order chi connectivity index (χ1) is 18.5. The van der Waals surface area contributed by atoms with Crippen molar-refractivity contribution in [3.8, 4) is 16.9 Å². The molecule has 0 bridgehead atoms. The molecule has 1 saturated heterocycles. The van der Waals surface area contributed by atoms with Gasteiger partial charge in [-0.2, -0.15) is 4.98 Å². The summed E-state index contributed by atoms with van der Waals surface area (Å²) >= 11 is 5.95. The van der Waals surface area contributed by atoms with E-state index in [1.807, 2.05) is 18.7 Å². The van der Waals surface area contributed by atoms with E-state index in [0.29, 0.717) is 30.0 Å². The maximum absolute atomic E-state index is 15.7. The van der Waals surface area contributed by atoms with Crippen LogP contribution in [-0.4, -0.2) is 32.6 Å². The summed E-state index contributed by atoms with van der Waals surface area (Å²) < 4.78 is 60.6. The predicted octanol–water partition coefficient (Wildman–Crippen LogP) is 6.06. The number of halogens is 5. The Bertz CT molecular complexity index is 1660. The molecule has 0 saturated carbocycles. The van der Waals surface area contributed by atoms with E-state index >= 15 is 8.78 Å². The van der Waals surface area contributed by atoms with E-state index in [1.165, 1.54) is 4.57 Å². The van der Waals surface area contributed by atoms with Crippen LogP contribution < -0.4 is 16.3 Å². The summed E-state index contributed by atoms with van der Waals surface area (Å²) in [4.78, 5) is 28.7. The highest BCUT2D eigenvalue weighted by atomic mass is 35.5. The molecule has 2 N–H and O–H groups in total. The minimum atomic E-state index is -1.69. The van der Waals surface area contributed by atoms with Crippen LogP contribution in [0.25, 0.3) is 28.0 Å². The van der Waals surface area contributed by atoms with E-state index in [4.69, 9.17) is 17.3 Å². The Balaban J connectivity index is 1.94. The van der Waals surface area contributed by atoms with Crippen molar-refractivity contribution in [2.75, 3.05) is 23.7 Å². The van der Waals surface area contributed by atoms with Crippen LogP contribution in [0, 0.1) is 30.2 Å². The lowest BCUT2D eigenvalue weighted by Crippen LogP contribution is -2.34. The Hall–Kier alpha value is -3.73. The van der Waals surface area contributed by atoms with Crippen LogP contribution in [0.2, 0.25) is 5.02 Å². The zero-order valence-electron chi connectivity index (χ0n) is 21.5. The minimum absolute atomic E-state index is 0.0660. The van der Waals surface area contributed by atoms with Gasteiger partial charge in [-0.15, -0.1) is 0 Å². The molecule has 7 nitrogen and oxygen atoms in total. The van der Waals surface area contributed by atoms with Gasteiger partial charge in [-0.1, -0.05) is 25.4 Å². The van der Waals surface area contributed by atoms with E-state index in [0.717, 1.165) is 25.3 Å². The van der Waals surface area contributed by atoms with Crippen molar-refractivity contribution in [3.05, 3.63) is 68.4 Å². The molecule has 0 spiro atoms. The molecule has 4 aromatic rings. The smallest absolute Gasteiger partial charge is 0.355 e. The molecule has 0 radical (unpaired) electrons. The van der Waals surface area contributed by atoms with Gasteiger partial charge in [-0.25, -0.2) is 31.9 Å². The molecule has 1 aliphatic rings. The van der Waals surface area contributed by atoms with Crippen molar-refractivity contribution >= 4 is 34.1 Å².